The molecule has 1 aliphatic rings. The van der Waals surface area contributed by atoms with Gasteiger partial charge in [0, 0.05) is 12.5 Å². The van der Waals surface area contributed by atoms with E-state index in [0.29, 0.717) is 24.1 Å². The number of carboxylic acids is 1. The van der Waals surface area contributed by atoms with E-state index in [1.807, 2.05) is 6.92 Å². The fraction of sp³-hybridized carbons (Fsp3) is 0.471. The molecule has 0 saturated carbocycles. The molecule has 0 radical (unpaired) electrons. The van der Waals surface area contributed by atoms with Crippen LogP contribution in [0.3, 0.4) is 0 Å². The van der Waals surface area contributed by atoms with Gasteiger partial charge in [-0.1, -0.05) is 11.2 Å². The van der Waals surface area contributed by atoms with Crippen LogP contribution in [0, 0.1) is 6.92 Å². The van der Waals surface area contributed by atoms with Gasteiger partial charge in [0.15, 0.2) is 5.82 Å². The summed E-state index contributed by atoms with van der Waals surface area (Å²) in [5.74, 6) is 1.42. The Labute approximate surface area is 140 Å². The molecule has 1 saturated heterocycles. The van der Waals surface area contributed by atoms with Crippen LogP contribution in [0.1, 0.15) is 40.8 Å². The zero-order chi connectivity index (χ0) is 16.9. The third kappa shape index (κ3) is 4.11. The molecule has 0 amide bonds. The minimum absolute atomic E-state index is 0.239. The summed E-state index contributed by atoms with van der Waals surface area (Å²) in [6.45, 7) is 5.11. The quantitative estimate of drug-likeness (QED) is 0.869. The molecule has 0 aliphatic carbocycles. The summed E-state index contributed by atoms with van der Waals surface area (Å²) in [6, 6.07) is 6.57. The van der Waals surface area contributed by atoms with Gasteiger partial charge in [-0.15, -0.1) is 0 Å². The van der Waals surface area contributed by atoms with Crippen molar-refractivity contribution in [1.82, 2.24) is 15.0 Å². The summed E-state index contributed by atoms with van der Waals surface area (Å²) in [5.41, 5.74) is 0.239. The fourth-order valence-corrected chi connectivity index (χ4v) is 2.89. The Balaban J connectivity index is 1.42. The van der Waals surface area contributed by atoms with E-state index in [9.17, 15) is 4.79 Å². The summed E-state index contributed by atoms with van der Waals surface area (Å²) < 4.78 is 10.9. The van der Waals surface area contributed by atoms with Crippen molar-refractivity contribution < 1.29 is 19.2 Å². The first-order valence-electron chi connectivity index (χ1n) is 8.10. The summed E-state index contributed by atoms with van der Waals surface area (Å²) in [7, 11) is 0. The number of hydrogen-bond acceptors (Lipinski definition) is 6. The van der Waals surface area contributed by atoms with Crippen LogP contribution in [0.2, 0.25) is 0 Å². The molecule has 0 unspecified atom stereocenters. The van der Waals surface area contributed by atoms with E-state index < -0.39 is 5.97 Å². The highest BCUT2D eigenvalue weighted by Gasteiger charge is 2.24. The molecule has 0 spiro atoms. The van der Waals surface area contributed by atoms with Crippen molar-refractivity contribution in [3.8, 4) is 5.75 Å². The highest BCUT2D eigenvalue weighted by Crippen LogP contribution is 2.26. The standard InChI is InChI=1S/C17H21N3O4/c1-12-18-16(24-19-12)13-5-7-20(8-6-13)9-10-23-15-4-2-3-14(11-15)17(21)22/h2-4,11,13H,5-10H2,1H3,(H,21,22). The second-order valence-electron chi connectivity index (χ2n) is 5.98. The molecule has 1 N–H and O–H groups in total. The van der Waals surface area contributed by atoms with E-state index in [1.165, 1.54) is 0 Å². The Morgan fingerprint density at radius 3 is 2.88 bits per heavy atom. The maximum atomic E-state index is 10.9. The molecule has 128 valence electrons. The van der Waals surface area contributed by atoms with Crippen molar-refractivity contribution in [3.63, 3.8) is 0 Å². The first kappa shape index (κ1) is 16.4. The number of aryl methyl sites for hydroxylation is 1. The largest absolute Gasteiger partial charge is 0.492 e. The minimum atomic E-state index is -0.946. The molecule has 0 atom stereocenters. The summed E-state index contributed by atoms with van der Waals surface area (Å²) in [5, 5.41) is 12.8. The van der Waals surface area contributed by atoms with Crippen LogP contribution in [0.25, 0.3) is 0 Å². The number of ether oxygens (including phenoxy) is 1. The monoisotopic (exact) mass is 331 g/mol. The van der Waals surface area contributed by atoms with Crippen LogP contribution < -0.4 is 4.74 Å². The fourth-order valence-electron chi connectivity index (χ4n) is 2.89. The van der Waals surface area contributed by atoms with Gasteiger partial charge in [0.05, 0.1) is 5.56 Å². The number of aromatic carboxylic acids is 1. The molecule has 7 heteroatoms. The van der Waals surface area contributed by atoms with Crippen molar-refractivity contribution in [2.75, 3.05) is 26.2 Å². The Bertz CT molecular complexity index is 693. The predicted molar refractivity (Wildman–Crippen MR) is 86.3 cm³/mol. The first-order chi connectivity index (χ1) is 11.6. The molecular formula is C17H21N3O4. The molecule has 2 heterocycles. The summed E-state index contributed by atoms with van der Waals surface area (Å²) in [6.07, 6.45) is 1.99. The van der Waals surface area contributed by atoms with Gasteiger partial charge in [0.25, 0.3) is 0 Å². The van der Waals surface area contributed by atoms with Crippen LogP contribution in [0.4, 0.5) is 0 Å². The molecule has 1 aromatic heterocycles. The van der Waals surface area contributed by atoms with Crippen molar-refractivity contribution in [2.45, 2.75) is 25.7 Å². The van der Waals surface area contributed by atoms with Gasteiger partial charge in [0.1, 0.15) is 12.4 Å². The molecule has 0 bridgehead atoms. The number of nitrogens with zero attached hydrogens (tertiary/aromatic N) is 3. The smallest absolute Gasteiger partial charge is 0.335 e. The number of likely N-dealkylation sites (tertiary alicyclic amines) is 1. The Kier molecular flexibility index (Phi) is 5.10. The average molecular weight is 331 g/mol. The van der Waals surface area contributed by atoms with Crippen molar-refractivity contribution in [3.05, 3.63) is 41.5 Å². The first-order valence-corrected chi connectivity index (χ1v) is 8.10. The second kappa shape index (κ2) is 7.44. The van der Waals surface area contributed by atoms with E-state index in [0.717, 1.165) is 38.4 Å². The molecule has 1 aromatic carbocycles. The lowest BCUT2D eigenvalue weighted by Crippen LogP contribution is -2.35. The third-order valence-corrected chi connectivity index (χ3v) is 4.24. The maximum absolute atomic E-state index is 10.9. The number of benzene rings is 1. The van der Waals surface area contributed by atoms with E-state index in [1.54, 1.807) is 24.3 Å². The SMILES string of the molecule is Cc1noc(C2CCN(CCOc3cccc(C(=O)O)c3)CC2)n1. The zero-order valence-corrected chi connectivity index (χ0v) is 13.6. The van der Waals surface area contributed by atoms with Gasteiger partial charge >= 0.3 is 5.97 Å². The van der Waals surface area contributed by atoms with Gasteiger partial charge < -0.3 is 14.4 Å². The van der Waals surface area contributed by atoms with Gasteiger partial charge in [-0.3, -0.25) is 4.90 Å². The topological polar surface area (TPSA) is 88.7 Å². The number of hydrogen-bond donors (Lipinski definition) is 1. The number of aromatic nitrogens is 2. The van der Waals surface area contributed by atoms with E-state index >= 15 is 0 Å². The van der Waals surface area contributed by atoms with E-state index in [2.05, 4.69) is 15.0 Å². The summed E-state index contributed by atoms with van der Waals surface area (Å²) >= 11 is 0. The van der Waals surface area contributed by atoms with E-state index in [4.69, 9.17) is 14.4 Å². The Morgan fingerprint density at radius 1 is 1.42 bits per heavy atom. The zero-order valence-electron chi connectivity index (χ0n) is 13.6. The number of piperidine rings is 1. The van der Waals surface area contributed by atoms with Gasteiger partial charge in [-0.05, 0) is 51.1 Å². The van der Waals surface area contributed by atoms with Gasteiger partial charge in [-0.2, -0.15) is 4.98 Å². The van der Waals surface area contributed by atoms with Crippen LogP contribution >= 0.6 is 0 Å². The predicted octanol–water partition coefficient (Wildman–Crippen LogP) is 2.33. The van der Waals surface area contributed by atoms with Gasteiger partial charge in [-0.25, -0.2) is 4.79 Å². The summed E-state index contributed by atoms with van der Waals surface area (Å²) in [4.78, 5) is 17.6. The van der Waals surface area contributed by atoms with Crippen LogP contribution in [0.15, 0.2) is 28.8 Å². The molecule has 24 heavy (non-hydrogen) atoms. The lowest BCUT2D eigenvalue weighted by molar-refractivity contribution is 0.0696. The van der Waals surface area contributed by atoms with Crippen LogP contribution in [0.5, 0.6) is 5.75 Å². The van der Waals surface area contributed by atoms with Crippen molar-refractivity contribution in [1.29, 1.82) is 0 Å². The molecule has 1 aliphatic heterocycles. The van der Waals surface area contributed by atoms with Crippen LogP contribution in [-0.2, 0) is 0 Å². The third-order valence-electron chi connectivity index (χ3n) is 4.24. The highest BCUT2D eigenvalue weighted by molar-refractivity contribution is 5.87. The normalized spacial score (nSPS) is 16.2. The Morgan fingerprint density at radius 2 is 2.21 bits per heavy atom. The van der Waals surface area contributed by atoms with Crippen molar-refractivity contribution in [2.24, 2.45) is 0 Å². The highest BCUT2D eigenvalue weighted by atomic mass is 16.5. The minimum Gasteiger partial charge on any atom is -0.492 e. The Hall–Kier alpha value is -2.41. The lowest BCUT2D eigenvalue weighted by Gasteiger charge is -2.30. The molecule has 3 rings (SSSR count). The molecular weight excluding hydrogens is 310 g/mol. The number of carbonyl (C=O) groups is 1. The maximum Gasteiger partial charge on any atom is 0.335 e. The number of carboxylic acid groups (broad SMARTS) is 1. The van der Waals surface area contributed by atoms with Gasteiger partial charge in [0.2, 0.25) is 5.89 Å². The molecule has 1 fully saturated rings. The second-order valence-corrected chi connectivity index (χ2v) is 5.98. The molecule has 2 aromatic rings. The van der Waals surface area contributed by atoms with Crippen molar-refractivity contribution >= 4 is 5.97 Å². The van der Waals surface area contributed by atoms with E-state index in [-0.39, 0.29) is 5.56 Å². The van der Waals surface area contributed by atoms with Crippen LogP contribution in [-0.4, -0.2) is 52.4 Å². The average Bonchev–Trinajstić information content (AvgIpc) is 3.02. The number of rotatable bonds is 6. The lowest BCUT2D eigenvalue weighted by atomic mass is 9.97. The molecule has 7 nitrogen and oxygen atoms in total.